The molecule has 0 aliphatic rings. The van der Waals surface area contributed by atoms with Crippen LogP contribution in [0.15, 0.2) is 84.9 Å². The Morgan fingerprint density at radius 1 is 0.800 bits per heavy atom. The topological polar surface area (TPSA) is 32.8 Å². The van der Waals surface area contributed by atoms with Crippen molar-refractivity contribution in [2.75, 3.05) is 38.7 Å². The Balaban J connectivity index is 2.07. The van der Waals surface area contributed by atoms with Gasteiger partial charge in [-0.2, -0.15) is 0 Å². The molecule has 30 heavy (non-hydrogen) atoms. The first-order valence-corrected chi connectivity index (χ1v) is 10.4. The van der Waals surface area contributed by atoms with Crippen LogP contribution in [-0.4, -0.2) is 44.6 Å². The molecule has 0 atom stereocenters. The highest BCUT2D eigenvalue weighted by Gasteiger charge is 2.29. The van der Waals surface area contributed by atoms with Gasteiger partial charge in [-0.05, 0) is 44.3 Å². The Morgan fingerprint density at radius 3 is 1.87 bits per heavy atom. The summed E-state index contributed by atoms with van der Waals surface area (Å²) in [6.45, 7) is 3.83. The highest BCUT2D eigenvalue weighted by atomic mass is 16.5. The molecule has 0 saturated heterocycles. The first-order valence-electron chi connectivity index (χ1n) is 10.4. The van der Waals surface area contributed by atoms with Crippen molar-refractivity contribution in [1.82, 2.24) is 4.90 Å². The molecule has 0 heterocycles. The number of likely N-dealkylation sites (N-methyl/N-ethyl adjacent to an activating group) is 1. The summed E-state index contributed by atoms with van der Waals surface area (Å²) in [6.07, 6.45) is 0. The average Bonchev–Trinajstić information content (AvgIpc) is 2.77. The Hall–Kier alpha value is -3.11. The Kier molecular flexibility index (Phi) is 7.63. The molecule has 0 radical (unpaired) electrons. The number of para-hydroxylation sites is 2. The number of anilines is 1. The third kappa shape index (κ3) is 5.28. The summed E-state index contributed by atoms with van der Waals surface area (Å²) in [6, 6.07) is 27.8. The Bertz CT molecular complexity index is 887. The van der Waals surface area contributed by atoms with Crippen molar-refractivity contribution >= 4 is 11.6 Å². The number of amides is 1. The second kappa shape index (κ2) is 10.6. The van der Waals surface area contributed by atoms with Gasteiger partial charge in [-0.3, -0.25) is 4.79 Å². The molecule has 3 rings (SSSR count). The largest absolute Gasteiger partial charge is 0.492 e. The van der Waals surface area contributed by atoms with E-state index in [0.29, 0.717) is 13.2 Å². The van der Waals surface area contributed by atoms with Gasteiger partial charge in [-0.1, -0.05) is 72.8 Å². The minimum atomic E-state index is -0.385. The minimum absolute atomic E-state index is 0.0430. The summed E-state index contributed by atoms with van der Waals surface area (Å²) in [5.74, 6) is 0.387. The number of benzene rings is 3. The lowest BCUT2D eigenvalue weighted by Gasteiger charge is -2.30. The van der Waals surface area contributed by atoms with Gasteiger partial charge >= 0.3 is 0 Å². The highest BCUT2D eigenvalue weighted by Crippen LogP contribution is 2.33. The van der Waals surface area contributed by atoms with Crippen molar-refractivity contribution in [2.45, 2.75) is 12.8 Å². The maximum Gasteiger partial charge on any atom is 0.239 e. The van der Waals surface area contributed by atoms with Crippen molar-refractivity contribution in [2.24, 2.45) is 0 Å². The average molecular weight is 403 g/mol. The van der Waals surface area contributed by atoms with Gasteiger partial charge in [-0.15, -0.1) is 0 Å². The van der Waals surface area contributed by atoms with Crippen LogP contribution in [0.5, 0.6) is 5.75 Å². The number of carbonyl (C=O) groups is 1. The van der Waals surface area contributed by atoms with Crippen LogP contribution in [-0.2, 0) is 4.79 Å². The van der Waals surface area contributed by atoms with Gasteiger partial charge in [0.25, 0.3) is 0 Å². The molecule has 0 aliphatic carbocycles. The lowest BCUT2D eigenvalue weighted by Crippen LogP contribution is -2.40. The molecule has 0 fully saturated rings. The van der Waals surface area contributed by atoms with E-state index in [1.54, 1.807) is 0 Å². The van der Waals surface area contributed by atoms with E-state index in [0.717, 1.165) is 29.1 Å². The van der Waals surface area contributed by atoms with Gasteiger partial charge in [0.2, 0.25) is 5.91 Å². The van der Waals surface area contributed by atoms with E-state index in [4.69, 9.17) is 4.74 Å². The molecule has 4 nitrogen and oxygen atoms in total. The molecule has 0 aromatic heterocycles. The molecule has 3 aromatic carbocycles. The zero-order chi connectivity index (χ0) is 21.3. The standard InChI is InChI=1S/C26H30N2O2/c1-4-30-24-18-12-11-17-23(24)28(20-19-27(2)3)26(29)25(21-13-7-5-8-14-21)22-15-9-6-10-16-22/h5-18,25H,4,19-20H2,1-3H3. The first-order chi connectivity index (χ1) is 14.6. The van der Waals surface area contributed by atoms with E-state index >= 15 is 0 Å². The van der Waals surface area contributed by atoms with E-state index in [1.807, 2.05) is 111 Å². The fourth-order valence-corrected chi connectivity index (χ4v) is 3.53. The van der Waals surface area contributed by atoms with Crippen LogP contribution in [0.25, 0.3) is 0 Å². The van der Waals surface area contributed by atoms with Crippen LogP contribution in [0.1, 0.15) is 24.0 Å². The summed E-state index contributed by atoms with van der Waals surface area (Å²) in [5, 5.41) is 0. The number of ether oxygens (including phenoxy) is 1. The summed E-state index contributed by atoms with van der Waals surface area (Å²) in [5.41, 5.74) is 2.78. The smallest absolute Gasteiger partial charge is 0.239 e. The number of hydrogen-bond acceptors (Lipinski definition) is 3. The lowest BCUT2D eigenvalue weighted by molar-refractivity contribution is -0.119. The van der Waals surface area contributed by atoms with Gasteiger partial charge < -0.3 is 14.5 Å². The van der Waals surface area contributed by atoms with Crippen molar-refractivity contribution < 1.29 is 9.53 Å². The summed E-state index contributed by atoms with van der Waals surface area (Å²) >= 11 is 0. The highest BCUT2D eigenvalue weighted by molar-refractivity contribution is 6.01. The quantitative estimate of drug-likeness (QED) is 0.515. The van der Waals surface area contributed by atoms with Crippen LogP contribution in [0.3, 0.4) is 0 Å². The number of hydrogen-bond donors (Lipinski definition) is 0. The van der Waals surface area contributed by atoms with Gasteiger partial charge in [0, 0.05) is 13.1 Å². The molecule has 1 amide bonds. The third-order valence-electron chi connectivity index (χ3n) is 5.01. The second-order valence-electron chi connectivity index (χ2n) is 7.45. The predicted molar refractivity (Wildman–Crippen MR) is 123 cm³/mol. The fraction of sp³-hybridized carbons (Fsp3) is 0.269. The van der Waals surface area contributed by atoms with E-state index in [-0.39, 0.29) is 11.8 Å². The predicted octanol–water partition coefficient (Wildman–Crippen LogP) is 4.81. The normalized spacial score (nSPS) is 11.0. The molecule has 4 heteroatoms. The number of carbonyl (C=O) groups excluding carboxylic acids is 1. The Labute approximate surface area is 179 Å². The maximum absolute atomic E-state index is 14.1. The molecular weight excluding hydrogens is 372 g/mol. The molecule has 0 spiro atoms. The van der Waals surface area contributed by atoms with E-state index in [2.05, 4.69) is 4.90 Å². The van der Waals surface area contributed by atoms with Gasteiger partial charge in [0.05, 0.1) is 18.2 Å². The maximum atomic E-state index is 14.1. The first kappa shape index (κ1) is 21.6. The minimum Gasteiger partial charge on any atom is -0.492 e. The second-order valence-corrected chi connectivity index (χ2v) is 7.45. The molecule has 0 bridgehead atoms. The number of rotatable bonds is 9. The zero-order valence-corrected chi connectivity index (χ0v) is 18.0. The van der Waals surface area contributed by atoms with Crippen LogP contribution in [0.2, 0.25) is 0 Å². The van der Waals surface area contributed by atoms with Crippen molar-refractivity contribution in [1.29, 1.82) is 0 Å². The molecular formula is C26H30N2O2. The fourth-order valence-electron chi connectivity index (χ4n) is 3.53. The van der Waals surface area contributed by atoms with Gasteiger partial charge in [0.15, 0.2) is 0 Å². The van der Waals surface area contributed by atoms with Crippen LogP contribution < -0.4 is 9.64 Å². The molecule has 0 saturated carbocycles. The van der Waals surface area contributed by atoms with E-state index in [9.17, 15) is 4.79 Å². The van der Waals surface area contributed by atoms with Gasteiger partial charge in [0.1, 0.15) is 5.75 Å². The van der Waals surface area contributed by atoms with Crippen LogP contribution >= 0.6 is 0 Å². The SMILES string of the molecule is CCOc1ccccc1N(CCN(C)C)C(=O)C(c1ccccc1)c1ccccc1. The van der Waals surface area contributed by atoms with E-state index < -0.39 is 0 Å². The van der Waals surface area contributed by atoms with Crippen molar-refractivity contribution in [3.05, 3.63) is 96.1 Å². The monoisotopic (exact) mass is 402 g/mol. The van der Waals surface area contributed by atoms with Crippen molar-refractivity contribution in [3.63, 3.8) is 0 Å². The lowest BCUT2D eigenvalue weighted by atomic mass is 9.89. The van der Waals surface area contributed by atoms with Crippen LogP contribution in [0.4, 0.5) is 5.69 Å². The number of nitrogens with zero attached hydrogens (tertiary/aromatic N) is 2. The molecule has 0 N–H and O–H groups in total. The molecule has 156 valence electrons. The molecule has 0 aliphatic heterocycles. The molecule has 3 aromatic rings. The van der Waals surface area contributed by atoms with Gasteiger partial charge in [-0.25, -0.2) is 0 Å². The summed E-state index contributed by atoms with van der Waals surface area (Å²) in [4.78, 5) is 18.0. The van der Waals surface area contributed by atoms with Crippen LogP contribution in [0, 0.1) is 0 Å². The zero-order valence-electron chi connectivity index (χ0n) is 18.0. The van der Waals surface area contributed by atoms with Crippen molar-refractivity contribution in [3.8, 4) is 5.75 Å². The molecule has 0 unspecified atom stereocenters. The summed E-state index contributed by atoms with van der Waals surface area (Å²) in [7, 11) is 4.03. The Morgan fingerprint density at radius 2 is 1.33 bits per heavy atom. The summed E-state index contributed by atoms with van der Waals surface area (Å²) < 4.78 is 5.86. The third-order valence-corrected chi connectivity index (χ3v) is 5.01. The van der Waals surface area contributed by atoms with E-state index in [1.165, 1.54) is 0 Å².